The number of fused-ring (bicyclic) bond motifs is 1. The van der Waals surface area contributed by atoms with Crippen LogP contribution in [0.3, 0.4) is 0 Å². The third-order valence-electron chi connectivity index (χ3n) is 6.36. The van der Waals surface area contributed by atoms with E-state index in [-0.39, 0.29) is 11.8 Å². The van der Waals surface area contributed by atoms with Crippen LogP contribution in [0.2, 0.25) is 0 Å². The molecule has 2 aromatic heterocycles. The van der Waals surface area contributed by atoms with E-state index in [4.69, 9.17) is 4.42 Å². The minimum absolute atomic E-state index is 0.129. The van der Waals surface area contributed by atoms with Crippen molar-refractivity contribution in [2.75, 3.05) is 39.3 Å². The van der Waals surface area contributed by atoms with Crippen LogP contribution in [0.25, 0.3) is 22.2 Å². The molecule has 7 heteroatoms. The van der Waals surface area contributed by atoms with Crippen LogP contribution in [0.15, 0.2) is 83.5 Å². The summed E-state index contributed by atoms with van der Waals surface area (Å²) in [4.78, 5) is 29.5. The fraction of sp³-hybridized carbons (Fsp3) is 0.259. The number of nitrogens with zero attached hydrogens (tertiary/aromatic N) is 3. The molecule has 1 saturated heterocycles. The van der Waals surface area contributed by atoms with E-state index in [1.54, 1.807) is 12.1 Å². The molecule has 0 unspecified atom stereocenters. The highest BCUT2D eigenvalue weighted by atomic mass is 16.3. The molecule has 3 heterocycles. The molecule has 1 aliphatic rings. The third kappa shape index (κ3) is 4.75. The molecule has 4 aromatic rings. The average molecular weight is 457 g/mol. The van der Waals surface area contributed by atoms with Crippen LogP contribution in [0, 0.1) is 0 Å². The minimum atomic E-state index is -0.202. The lowest BCUT2D eigenvalue weighted by atomic mass is 10.1. The summed E-state index contributed by atoms with van der Waals surface area (Å²) in [5, 5.41) is 4.01. The van der Waals surface area contributed by atoms with Gasteiger partial charge in [-0.15, -0.1) is 0 Å². The van der Waals surface area contributed by atoms with Gasteiger partial charge in [0.25, 0.3) is 5.91 Å². The molecule has 0 spiro atoms. The highest BCUT2D eigenvalue weighted by Crippen LogP contribution is 2.28. The lowest BCUT2D eigenvalue weighted by Crippen LogP contribution is -2.51. The third-order valence-corrected chi connectivity index (χ3v) is 6.36. The van der Waals surface area contributed by atoms with Crippen LogP contribution >= 0.6 is 0 Å². The number of amides is 2. The van der Waals surface area contributed by atoms with Crippen molar-refractivity contribution in [1.29, 1.82) is 0 Å². The Morgan fingerprint density at radius 3 is 2.41 bits per heavy atom. The van der Waals surface area contributed by atoms with Crippen LogP contribution in [-0.2, 0) is 11.3 Å². The van der Waals surface area contributed by atoms with Crippen molar-refractivity contribution < 1.29 is 14.0 Å². The molecule has 0 radical (unpaired) electrons. The molecule has 0 bridgehead atoms. The largest absolute Gasteiger partial charge is 0.459 e. The molecule has 1 N–H and O–H groups in total. The quantitative estimate of drug-likeness (QED) is 0.462. The van der Waals surface area contributed by atoms with E-state index < -0.39 is 0 Å². The molecule has 0 saturated carbocycles. The molecule has 0 atom stereocenters. The number of carbonyl (C=O) groups is 2. The summed E-state index contributed by atoms with van der Waals surface area (Å²) in [6.45, 7) is 4.56. The van der Waals surface area contributed by atoms with E-state index >= 15 is 0 Å². The minimum Gasteiger partial charge on any atom is -0.459 e. The van der Waals surface area contributed by atoms with Crippen molar-refractivity contribution in [2.24, 2.45) is 0 Å². The van der Waals surface area contributed by atoms with E-state index in [2.05, 4.69) is 45.1 Å². The average Bonchev–Trinajstić information content (AvgIpc) is 3.54. The first-order valence-electron chi connectivity index (χ1n) is 11.6. The molecular formula is C27H28N4O3. The number of benzene rings is 2. The fourth-order valence-electron chi connectivity index (χ4n) is 4.51. The number of carbonyl (C=O) groups excluding carboxylic acids is 2. The second-order valence-electron chi connectivity index (χ2n) is 8.50. The van der Waals surface area contributed by atoms with Gasteiger partial charge in [0.2, 0.25) is 5.91 Å². The second kappa shape index (κ2) is 9.97. The van der Waals surface area contributed by atoms with E-state index in [0.717, 1.165) is 41.8 Å². The van der Waals surface area contributed by atoms with Gasteiger partial charge in [-0.1, -0.05) is 48.5 Å². The standard InChI is InChI=1S/C27H28N4O3/c32-26(30-16-14-29(15-17-30)13-12-28-27(33)25-11-6-18-34-25)20-31-23-10-5-4-9-22(23)19-24(31)21-7-2-1-3-8-21/h1-11,18-19H,12-17,20H2,(H,28,33). The Balaban J connectivity index is 1.19. The second-order valence-corrected chi connectivity index (χ2v) is 8.50. The van der Waals surface area contributed by atoms with Gasteiger partial charge in [0.15, 0.2) is 5.76 Å². The zero-order chi connectivity index (χ0) is 23.3. The van der Waals surface area contributed by atoms with Gasteiger partial charge in [0.1, 0.15) is 6.54 Å². The van der Waals surface area contributed by atoms with Gasteiger partial charge in [-0.2, -0.15) is 0 Å². The van der Waals surface area contributed by atoms with Crippen molar-refractivity contribution in [2.45, 2.75) is 6.54 Å². The molecule has 174 valence electrons. The maximum absolute atomic E-state index is 13.3. The van der Waals surface area contributed by atoms with Gasteiger partial charge in [-0.05, 0) is 29.8 Å². The Morgan fingerprint density at radius 2 is 1.65 bits per heavy atom. The summed E-state index contributed by atoms with van der Waals surface area (Å²) >= 11 is 0. The number of hydrogen-bond donors (Lipinski definition) is 1. The first kappa shape index (κ1) is 22.0. The number of hydrogen-bond acceptors (Lipinski definition) is 4. The zero-order valence-corrected chi connectivity index (χ0v) is 19.0. The van der Waals surface area contributed by atoms with Crippen molar-refractivity contribution in [3.63, 3.8) is 0 Å². The Morgan fingerprint density at radius 1 is 0.882 bits per heavy atom. The predicted molar refractivity (Wildman–Crippen MR) is 131 cm³/mol. The lowest BCUT2D eigenvalue weighted by Gasteiger charge is -2.35. The summed E-state index contributed by atoms with van der Waals surface area (Å²) in [5.41, 5.74) is 3.23. The van der Waals surface area contributed by atoms with E-state index in [9.17, 15) is 9.59 Å². The lowest BCUT2D eigenvalue weighted by molar-refractivity contribution is -0.133. The zero-order valence-electron chi connectivity index (χ0n) is 19.0. The van der Waals surface area contributed by atoms with Crippen LogP contribution in [0.1, 0.15) is 10.6 Å². The number of aromatic nitrogens is 1. The number of nitrogens with one attached hydrogen (secondary N) is 1. The SMILES string of the molecule is O=C(NCCN1CCN(C(=O)Cn2c(-c3ccccc3)cc3ccccc32)CC1)c1ccco1. The Hall–Kier alpha value is -3.84. The molecular weight excluding hydrogens is 428 g/mol. The number of para-hydroxylation sites is 1. The monoisotopic (exact) mass is 456 g/mol. The van der Waals surface area contributed by atoms with Gasteiger partial charge < -0.3 is 19.2 Å². The van der Waals surface area contributed by atoms with Crippen LogP contribution in [0.5, 0.6) is 0 Å². The molecule has 34 heavy (non-hydrogen) atoms. The summed E-state index contributed by atoms with van der Waals surface area (Å²) in [6, 6.07) is 23.9. The molecule has 1 aliphatic heterocycles. The van der Waals surface area contributed by atoms with Crippen LogP contribution < -0.4 is 5.32 Å². The van der Waals surface area contributed by atoms with Crippen LogP contribution in [0.4, 0.5) is 0 Å². The van der Waals surface area contributed by atoms with E-state index in [1.165, 1.54) is 6.26 Å². The normalized spacial score (nSPS) is 14.4. The molecule has 5 rings (SSSR count). The Labute approximate surface area is 198 Å². The first-order valence-corrected chi connectivity index (χ1v) is 11.6. The predicted octanol–water partition coefficient (Wildman–Crippen LogP) is 3.48. The van der Waals surface area contributed by atoms with E-state index in [0.29, 0.717) is 31.9 Å². The molecule has 0 aliphatic carbocycles. The maximum Gasteiger partial charge on any atom is 0.287 e. The number of piperazine rings is 1. The molecule has 2 amide bonds. The number of furan rings is 1. The van der Waals surface area contributed by atoms with Gasteiger partial charge >= 0.3 is 0 Å². The number of rotatable bonds is 7. The molecule has 7 nitrogen and oxygen atoms in total. The van der Waals surface area contributed by atoms with Crippen molar-refractivity contribution in [3.05, 3.63) is 84.8 Å². The van der Waals surface area contributed by atoms with Crippen molar-refractivity contribution >= 4 is 22.7 Å². The van der Waals surface area contributed by atoms with Crippen molar-refractivity contribution in [3.8, 4) is 11.3 Å². The Kier molecular flexibility index (Phi) is 6.44. The Bertz CT molecular complexity index is 1260. The van der Waals surface area contributed by atoms with Crippen molar-refractivity contribution in [1.82, 2.24) is 19.7 Å². The molecule has 1 fully saturated rings. The highest BCUT2D eigenvalue weighted by Gasteiger charge is 2.23. The van der Waals surface area contributed by atoms with Crippen LogP contribution in [-0.4, -0.2) is 65.4 Å². The summed E-state index contributed by atoms with van der Waals surface area (Å²) < 4.78 is 7.24. The summed E-state index contributed by atoms with van der Waals surface area (Å²) in [5.74, 6) is 0.249. The van der Waals surface area contributed by atoms with Gasteiger partial charge in [-0.25, -0.2) is 0 Å². The highest BCUT2D eigenvalue weighted by molar-refractivity contribution is 5.91. The topological polar surface area (TPSA) is 70.7 Å². The van der Waals surface area contributed by atoms with Gasteiger partial charge in [0, 0.05) is 55.9 Å². The maximum atomic E-state index is 13.3. The summed E-state index contributed by atoms with van der Waals surface area (Å²) in [7, 11) is 0. The van der Waals surface area contributed by atoms with Gasteiger partial charge in [-0.3, -0.25) is 14.5 Å². The van der Waals surface area contributed by atoms with Gasteiger partial charge in [0.05, 0.1) is 6.26 Å². The van der Waals surface area contributed by atoms with E-state index in [1.807, 2.05) is 35.2 Å². The molecule has 2 aromatic carbocycles. The fourth-order valence-corrected chi connectivity index (χ4v) is 4.51. The first-order chi connectivity index (χ1) is 16.7. The summed E-state index contributed by atoms with van der Waals surface area (Å²) in [6.07, 6.45) is 1.49. The smallest absolute Gasteiger partial charge is 0.287 e.